The topological polar surface area (TPSA) is 69.7 Å². The number of benzene rings is 2. The summed E-state index contributed by atoms with van der Waals surface area (Å²) < 4.78 is 26.7. The number of nitrogens with zero attached hydrogens (tertiary/aromatic N) is 2. The van der Waals surface area contributed by atoms with E-state index in [1.807, 2.05) is 30.3 Å². The Bertz CT molecular complexity index is 1020. The van der Waals surface area contributed by atoms with E-state index in [0.29, 0.717) is 32.5 Å². The van der Waals surface area contributed by atoms with Crippen LogP contribution >= 0.6 is 0 Å². The second-order valence-corrected chi connectivity index (χ2v) is 10.3. The molecule has 0 aliphatic carbocycles. The Morgan fingerprint density at radius 1 is 0.938 bits per heavy atom. The van der Waals surface area contributed by atoms with Gasteiger partial charge < -0.3 is 10.2 Å². The fourth-order valence-corrected chi connectivity index (χ4v) is 5.54. The number of hydrogen-bond donors (Lipinski definition) is 1. The van der Waals surface area contributed by atoms with E-state index in [-0.39, 0.29) is 11.8 Å². The summed E-state index contributed by atoms with van der Waals surface area (Å²) in [5, 5.41) is 4.28. The number of nitrogens with one attached hydrogen (secondary N) is 1. The van der Waals surface area contributed by atoms with Crippen LogP contribution < -0.4 is 10.2 Å². The SMILES string of the molecule is O=C(NCc1ccc(N2CCCC2)cc1)C1CCN(S(=O)(=O)/C=C/c2ccccc2)CC1. The van der Waals surface area contributed by atoms with Crippen molar-refractivity contribution >= 4 is 27.7 Å². The van der Waals surface area contributed by atoms with Crippen LogP contribution in [0.3, 0.4) is 0 Å². The van der Waals surface area contributed by atoms with E-state index in [1.165, 1.54) is 28.2 Å². The largest absolute Gasteiger partial charge is 0.372 e. The van der Waals surface area contributed by atoms with E-state index < -0.39 is 10.0 Å². The standard InChI is InChI=1S/C25H31N3O3S/c29-25(26-20-22-8-10-24(11-9-22)27-15-4-5-16-27)23-12-17-28(18-13-23)32(30,31)19-14-21-6-2-1-3-7-21/h1-3,6-11,14,19,23H,4-5,12-13,15-18,20H2,(H,26,29)/b19-14+. The molecular weight excluding hydrogens is 422 g/mol. The van der Waals surface area contributed by atoms with Crippen LogP contribution in [0, 0.1) is 5.92 Å². The Kier molecular flexibility index (Phi) is 7.27. The molecule has 7 heteroatoms. The molecule has 2 heterocycles. The van der Waals surface area contributed by atoms with Crippen LogP contribution in [0.2, 0.25) is 0 Å². The lowest BCUT2D eigenvalue weighted by molar-refractivity contribution is -0.126. The van der Waals surface area contributed by atoms with Gasteiger partial charge in [-0.3, -0.25) is 4.79 Å². The number of sulfonamides is 1. The van der Waals surface area contributed by atoms with Crippen molar-refractivity contribution < 1.29 is 13.2 Å². The van der Waals surface area contributed by atoms with E-state index >= 15 is 0 Å². The lowest BCUT2D eigenvalue weighted by atomic mass is 9.97. The maximum Gasteiger partial charge on any atom is 0.236 e. The number of carbonyl (C=O) groups excluding carboxylic acids is 1. The van der Waals surface area contributed by atoms with Crippen LogP contribution in [0.1, 0.15) is 36.8 Å². The molecule has 2 saturated heterocycles. The molecule has 2 aliphatic heterocycles. The number of anilines is 1. The highest BCUT2D eigenvalue weighted by atomic mass is 32.2. The molecule has 32 heavy (non-hydrogen) atoms. The van der Waals surface area contributed by atoms with Crippen LogP contribution in [0.4, 0.5) is 5.69 Å². The summed E-state index contributed by atoms with van der Waals surface area (Å²) in [6, 6.07) is 17.8. The highest BCUT2D eigenvalue weighted by Gasteiger charge is 2.29. The number of rotatable bonds is 7. The zero-order chi connectivity index (χ0) is 22.4. The van der Waals surface area contributed by atoms with E-state index in [1.54, 1.807) is 6.08 Å². The number of amides is 1. The Balaban J connectivity index is 1.24. The highest BCUT2D eigenvalue weighted by molar-refractivity contribution is 7.92. The molecule has 0 spiro atoms. The molecule has 170 valence electrons. The average molecular weight is 454 g/mol. The van der Waals surface area contributed by atoms with Gasteiger partial charge in [0.1, 0.15) is 0 Å². The molecule has 0 unspecified atom stereocenters. The van der Waals surface area contributed by atoms with Crippen molar-refractivity contribution in [2.45, 2.75) is 32.2 Å². The summed E-state index contributed by atoms with van der Waals surface area (Å²) in [7, 11) is -3.48. The van der Waals surface area contributed by atoms with Gasteiger partial charge in [-0.2, -0.15) is 4.31 Å². The van der Waals surface area contributed by atoms with E-state index in [4.69, 9.17) is 0 Å². The van der Waals surface area contributed by atoms with E-state index in [9.17, 15) is 13.2 Å². The van der Waals surface area contributed by atoms with Gasteiger partial charge in [0.05, 0.1) is 0 Å². The predicted octanol–water partition coefficient (Wildman–Crippen LogP) is 3.62. The average Bonchev–Trinajstić information content (AvgIpc) is 3.37. The van der Waals surface area contributed by atoms with E-state index in [0.717, 1.165) is 24.2 Å². The quantitative estimate of drug-likeness (QED) is 0.695. The molecule has 0 saturated carbocycles. The molecule has 0 bridgehead atoms. The molecule has 1 N–H and O–H groups in total. The molecule has 2 aromatic carbocycles. The van der Waals surface area contributed by atoms with Gasteiger partial charge >= 0.3 is 0 Å². The number of carbonyl (C=O) groups is 1. The summed E-state index contributed by atoms with van der Waals surface area (Å²) >= 11 is 0. The molecule has 1 amide bonds. The minimum absolute atomic E-state index is 0.00509. The Morgan fingerprint density at radius 3 is 2.25 bits per heavy atom. The van der Waals surface area contributed by atoms with Crippen molar-refractivity contribution in [2.24, 2.45) is 5.92 Å². The molecule has 2 aliphatic rings. The minimum atomic E-state index is -3.48. The molecule has 0 radical (unpaired) electrons. The van der Waals surface area contributed by atoms with Crippen molar-refractivity contribution in [3.05, 3.63) is 71.1 Å². The summed E-state index contributed by atoms with van der Waals surface area (Å²) in [5.74, 6) is -0.145. The number of hydrogen-bond acceptors (Lipinski definition) is 4. The smallest absolute Gasteiger partial charge is 0.236 e. The first-order valence-corrected chi connectivity index (χ1v) is 12.9. The molecule has 4 rings (SSSR count). The van der Waals surface area contributed by atoms with Gasteiger partial charge in [0.2, 0.25) is 15.9 Å². The molecular formula is C25H31N3O3S. The summed E-state index contributed by atoms with van der Waals surface area (Å²) in [4.78, 5) is 15.0. The van der Waals surface area contributed by atoms with Crippen molar-refractivity contribution in [3.63, 3.8) is 0 Å². The normalized spacial score (nSPS) is 18.3. The van der Waals surface area contributed by atoms with Gasteiger partial charge in [0.15, 0.2) is 0 Å². The summed E-state index contributed by atoms with van der Waals surface area (Å²) in [5.41, 5.74) is 3.17. The van der Waals surface area contributed by atoms with E-state index in [2.05, 4.69) is 34.5 Å². The molecule has 0 aromatic heterocycles. The Labute approximate surface area is 191 Å². The van der Waals surface area contributed by atoms with Crippen LogP contribution in [0.5, 0.6) is 0 Å². The second kappa shape index (κ2) is 10.3. The van der Waals surface area contributed by atoms with Gasteiger partial charge in [0, 0.05) is 49.7 Å². The Hall–Kier alpha value is -2.64. The minimum Gasteiger partial charge on any atom is -0.372 e. The first-order chi connectivity index (χ1) is 15.5. The summed E-state index contributed by atoms with van der Waals surface area (Å²) in [6.07, 6.45) is 5.20. The maximum absolute atomic E-state index is 12.6. The zero-order valence-corrected chi connectivity index (χ0v) is 19.1. The van der Waals surface area contributed by atoms with Gasteiger partial charge in [-0.05, 0) is 55.0 Å². The fraction of sp³-hybridized carbons (Fsp3) is 0.400. The van der Waals surface area contributed by atoms with Crippen molar-refractivity contribution in [1.82, 2.24) is 9.62 Å². The lowest BCUT2D eigenvalue weighted by Crippen LogP contribution is -2.42. The van der Waals surface area contributed by atoms with Crippen LogP contribution in [0.25, 0.3) is 6.08 Å². The van der Waals surface area contributed by atoms with Gasteiger partial charge in [-0.1, -0.05) is 42.5 Å². The molecule has 2 aromatic rings. The third kappa shape index (κ3) is 5.78. The van der Waals surface area contributed by atoms with Crippen molar-refractivity contribution in [3.8, 4) is 0 Å². The van der Waals surface area contributed by atoms with Crippen molar-refractivity contribution in [1.29, 1.82) is 0 Å². The molecule has 2 fully saturated rings. The second-order valence-electron chi connectivity index (χ2n) is 8.51. The molecule has 0 atom stereocenters. The van der Waals surface area contributed by atoms with Crippen molar-refractivity contribution in [2.75, 3.05) is 31.1 Å². The van der Waals surface area contributed by atoms with Crippen LogP contribution in [0.15, 0.2) is 60.0 Å². The maximum atomic E-state index is 12.6. The zero-order valence-electron chi connectivity index (χ0n) is 18.3. The van der Waals surface area contributed by atoms with Gasteiger partial charge in [-0.25, -0.2) is 8.42 Å². The highest BCUT2D eigenvalue weighted by Crippen LogP contribution is 2.22. The summed E-state index contributed by atoms with van der Waals surface area (Å²) in [6.45, 7) is 3.46. The first-order valence-electron chi connectivity index (χ1n) is 11.4. The van der Waals surface area contributed by atoms with Gasteiger partial charge in [0.25, 0.3) is 0 Å². The third-order valence-electron chi connectivity index (χ3n) is 6.29. The first kappa shape index (κ1) is 22.6. The van der Waals surface area contributed by atoms with Gasteiger partial charge in [-0.15, -0.1) is 0 Å². The van der Waals surface area contributed by atoms with Crippen LogP contribution in [-0.2, 0) is 21.4 Å². The monoisotopic (exact) mass is 453 g/mol. The number of piperidine rings is 1. The fourth-order valence-electron chi connectivity index (χ4n) is 4.32. The van der Waals surface area contributed by atoms with Crippen LogP contribution in [-0.4, -0.2) is 44.8 Å². The predicted molar refractivity (Wildman–Crippen MR) is 128 cm³/mol. The Morgan fingerprint density at radius 2 is 1.59 bits per heavy atom. The molecule has 6 nitrogen and oxygen atoms in total. The third-order valence-corrected chi connectivity index (χ3v) is 7.86. The lowest BCUT2D eigenvalue weighted by Gasteiger charge is -2.29.